The summed E-state index contributed by atoms with van der Waals surface area (Å²) < 4.78 is 0. The smallest absolute Gasteiger partial charge is 0.161 e. The van der Waals surface area contributed by atoms with Crippen LogP contribution < -0.4 is 0 Å². The quantitative estimate of drug-likeness (QED) is 0.137. The first-order chi connectivity index (χ1) is 15.6. The van der Waals surface area contributed by atoms with E-state index in [-0.39, 0.29) is 0 Å². The van der Waals surface area contributed by atoms with Crippen LogP contribution in [-0.2, 0) is 0 Å². The van der Waals surface area contributed by atoms with Crippen LogP contribution in [-0.4, -0.2) is 9.97 Å². The van der Waals surface area contributed by atoms with Gasteiger partial charge in [-0.2, -0.15) is 0 Å². The highest BCUT2D eigenvalue weighted by Gasteiger charge is 2.09. The Morgan fingerprint density at radius 2 is 1.50 bits per heavy atom. The number of hydrogen-bond acceptors (Lipinski definition) is 2. The summed E-state index contributed by atoms with van der Waals surface area (Å²) in [4.78, 5) is 9.10. The van der Waals surface area contributed by atoms with Gasteiger partial charge in [-0.05, 0) is 40.1 Å². The third kappa shape index (κ3) is 5.81. The monoisotopic (exact) mass is 440 g/mol. The molecule has 162 valence electrons. The van der Waals surface area contributed by atoms with Crippen LogP contribution in [0, 0.1) is 0 Å². The first kappa shape index (κ1) is 24.8. The van der Waals surface area contributed by atoms with Gasteiger partial charge in [-0.1, -0.05) is 111 Å². The van der Waals surface area contributed by atoms with Crippen molar-refractivity contribution < 1.29 is 0 Å². The number of benzene rings is 3. The van der Waals surface area contributed by atoms with E-state index in [2.05, 4.69) is 78.2 Å². The van der Waals surface area contributed by atoms with E-state index in [1.165, 1.54) is 16.2 Å². The Morgan fingerprint density at radius 1 is 0.844 bits per heavy atom. The number of nitrogens with zero attached hydrogens (tertiary/aromatic N) is 2. The zero-order chi connectivity index (χ0) is 23.5. The van der Waals surface area contributed by atoms with Crippen LogP contribution >= 0.6 is 11.6 Å². The van der Waals surface area contributed by atoms with Gasteiger partial charge in [0, 0.05) is 11.6 Å². The van der Waals surface area contributed by atoms with Gasteiger partial charge in [-0.15, -0.1) is 6.58 Å². The fraction of sp³-hybridized carbons (Fsp3) is 0.103. The molecule has 4 aromatic rings. The van der Waals surface area contributed by atoms with Crippen LogP contribution in [0.5, 0.6) is 0 Å². The lowest BCUT2D eigenvalue weighted by Gasteiger charge is -2.08. The fourth-order valence-electron chi connectivity index (χ4n) is 3.23. The molecule has 0 radical (unpaired) electrons. The van der Waals surface area contributed by atoms with E-state index < -0.39 is 0 Å². The molecule has 0 aliphatic carbocycles. The molecule has 3 heteroatoms. The molecule has 0 bridgehead atoms. The lowest BCUT2D eigenvalue weighted by atomic mass is 10.00. The Labute approximate surface area is 196 Å². The van der Waals surface area contributed by atoms with Gasteiger partial charge < -0.3 is 0 Å². The third-order valence-corrected chi connectivity index (χ3v) is 4.70. The molecule has 2 nitrogen and oxygen atoms in total. The molecule has 3 aromatic carbocycles. The van der Waals surface area contributed by atoms with Gasteiger partial charge in [0.05, 0.1) is 5.69 Å². The predicted octanol–water partition coefficient (Wildman–Crippen LogP) is 9.08. The first-order valence-electron chi connectivity index (χ1n) is 10.6. The second kappa shape index (κ2) is 12.4. The summed E-state index contributed by atoms with van der Waals surface area (Å²) in [5.74, 6) is 0.587. The highest BCUT2D eigenvalue weighted by Crippen LogP contribution is 2.29. The molecule has 0 spiro atoms. The van der Waals surface area contributed by atoms with E-state index in [1.54, 1.807) is 24.3 Å². The molecule has 4 rings (SSSR count). The Morgan fingerprint density at radius 3 is 2.19 bits per heavy atom. The summed E-state index contributed by atoms with van der Waals surface area (Å²) in [5, 5.41) is 5.20. The highest BCUT2D eigenvalue weighted by atomic mass is 35.5. The van der Waals surface area contributed by atoms with Crippen LogP contribution in [0.4, 0.5) is 0 Å². The average Bonchev–Trinajstić information content (AvgIpc) is 2.83. The first-order valence-corrected chi connectivity index (χ1v) is 11.0. The predicted molar refractivity (Wildman–Crippen MR) is 143 cm³/mol. The summed E-state index contributed by atoms with van der Waals surface area (Å²) >= 11 is 6.26. The maximum absolute atomic E-state index is 6.26. The molecule has 1 aromatic heterocycles. The highest BCUT2D eigenvalue weighted by molar-refractivity contribution is 6.29. The second-order valence-electron chi connectivity index (χ2n) is 6.59. The van der Waals surface area contributed by atoms with Crippen LogP contribution in [0.2, 0.25) is 5.15 Å². The van der Waals surface area contributed by atoms with Crippen molar-refractivity contribution in [3.05, 3.63) is 116 Å². The van der Waals surface area contributed by atoms with Crippen LogP contribution in [0.25, 0.3) is 38.5 Å². The molecule has 0 aliphatic rings. The molecule has 0 amide bonds. The van der Waals surface area contributed by atoms with Crippen molar-refractivity contribution in [3.63, 3.8) is 0 Å². The molecular weight excluding hydrogens is 412 g/mol. The van der Waals surface area contributed by atoms with Crippen LogP contribution in [0.3, 0.4) is 0 Å². The van der Waals surface area contributed by atoms with Gasteiger partial charge in [0.25, 0.3) is 0 Å². The summed E-state index contributed by atoms with van der Waals surface area (Å²) in [6, 6.07) is 20.6. The maximum atomic E-state index is 6.26. The van der Waals surface area contributed by atoms with Crippen molar-refractivity contribution in [1.29, 1.82) is 0 Å². The summed E-state index contributed by atoms with van der Waals surface area (Å²) in [7, 11) is 0. The van der Waals surface area contributed by atoms with Crippen molar-refractivity contribution in [2.75, 3.05) is 0 Å². The normalized spacial score (nSPS) is 10.4. The Balaban J connectivity index is 0.000000671. The van der Waals surface area contributed by atoms with Crippen LogP contribution in [0.1, 0.15) is 26.5 Å². The fourth-order valence-corrected chi connectivity index (χ4v) is 3.42. The molecule has 0 atom stereocenters. The van der Waals surface area contributed by atoms with E-state index in [4.69, 9.17) is 11.6 Å². The molecule has 0 unspecified atom stereocenters. The minimum Gasteiger partial charge on any atom is -0.228 e. The maximum Gasteiger partial charge on any atom is 0.161 e. The Hall–Kier alpha value is -3.49. The van der Waals surface area contributed by atoms with Gasteiger partial charge in [0.15, 0.2) is 5.82 Å². The number of fused-ring (bicyclic) bond motifs is 3. The van der Waals surface area contributed by atoms with Crippen molar-refractivity contribution in [3.8, 4) is 11.4 Å². The van der Waals surface area contributed by atoms with Gasteiger partial charge >= 0.3 is 0 Å². The molecule has 0 saturated carbocycles. The molecule has 1 heterocycles. The van der Waals surface area contributed by atoms with Crippen molar-refractivity contribution in [2.24, 2.45) is 0 Å². The van der Waals surface area contributed by atoms with E-state index in [1.807, 2.05) is 32.9 Å². The number of allylic oxidation sites excluding steroid dienone is 5. The van der Waals surface area contributed by atoms with Crippen LogP contribution in [0.15, 0.2) is 105 Å². The second-order valence-corrected chi connectivity index (χ2v) is 6.98. The van der Waals surface area contributed by atoms with Gasteiger partial charge in [-0.3, -0.25) is 0 Å². The zero-order valence-corrected chi connectivity index (χ0v) is 19.7. The molecule has 0 N–H and O–H groups in total. The SMILES string of the molecule is C=C/C=C(\C=C)c1cc(Cl)nc(-c2ccc3c(ccc4ccccc43)c2)n1.C=CC.CC. The van der Waals surface area contributed by atoms with Crippen molar-refractivity contribution >= 4 is 38.7 Å². The zero-order valence-electron chi connectivity index (χ0n) is 19.0. The van der Waals surface area contributed by atoms with E-state index in [0.29, 0.717) is 11.0 Å². The average molecular weight is 441 g/mol. The topological polar surface area (TPSA) is 25.8 Å². The number of rotatable bonds is 4. The summed E-state index contributed by atoms with van der Waals surface area (Å²) in [6.45, 7) is 16.8. The minimum absolute atomic E-state index is 0.394. The molecule has 0 fully saturated rings. The summed E-state index contributed by atoms with van der Waals surface area (Å²) in [6.07, 6.45) is 7.03. The Bertz CT molecular complexity index is 1270. The Kier molecular flexibility index (Phi) is 9.59. The summed E-state index contributed by atoms with van der Waals surface area (Å²) in [5.41, 5.74) is 2.49. The standard InChI is InChI=1S/C24H17ClN2.C3H6.C2H6/c1-3-7-16(4-2)22-15-23(25)27-24(26-22)19-12-13-21-18(14-19)11-10-17-8-5-6-9-20(17)21;1-3-2;1-2/h3-15H,1-2H2;3H,1H2,2H3;1-2H3/b16-7+;;. The van der Waals surface area contributed by atoms with Gasteiger partial charge in [0.1, 0.15) is 5.15 Å². The molecule has 0 saturated heterocycles. The number of halogens is 1. The molecule has 0 aliphatic heterocycles. The third-order valence-electron chi connectivity index (χ3n) is 4.51. The lowest BCUT2D eigenvalue weighted by molar-refractivity contribution is 1.15. The minimum atomic E-state index is 0.394. The van der Waals surface area contributed by atoms with Gasteiger partial charge in [-0.25, -0.2) is 9.97 Å². The van der Waals surface area contributed by atoms with Crippen molar-refractivity contribution in [1.82, 2.24) is 9.97 Å². The largest absolute Gasteiger partial charge is 0.228 e. The van der Waals surface area contributed by atoms with Crippen molar-refractivity contribution in [2.45, 2.75) is 20.8 Å². The molecular formula is C29H29ClN2. The lowest BCUT2D eigenvalue weighted by Crippen LogP contribution is -1.95. The van der Waals surface area contributed by atoms with Gasteiger partial charge in [0.2, 0.25) is 0 Å². The van der Waals surface area contributed by atoms with E-state index >= 15 is 0 Å². The number of hydrogen-bond donors (Lipinski definition) is 0. The molecule has 32 heavy (non-hydrogen) atoms. The number of aromatic nitrogens is 2. The van der Waals surface area contributed by atoms with E-state index in [9.17, 15) is 0 Å². The van der Waals surface area contributed by atoms with E-state index in [0.717, 1.165) is 22.2 Å².